The van der Waals surface area contributed by atoms with E-state index in [4.69, 9.17) is 4.42 Å². The van der Waals surface area contributed by atoms with Gasteiger partial charge in [-0.3, -0.25) is 0 Å². The van der Waals surface area contributed by atoms with Gasteiger partial charge in [-0.15, -0.1) is 0 Å². The number of rotatable bonds is 1. The normalized spacial score (nSPS) is 11.4. The number of furan rings is 1. The Bertz CT molecular complexity index is 878. The van der Waals surface area contributed by atoms with Gasteiger partial charge in [0.25, 0.3) is 0 Å². The van der Waals surface area contributed by atoms with Crippen LogP contribution in [0.2, 0.25) is 0 Å². The largest absolute Gasteiger partial charge is 0.451 e. The first-order chi connectivity index (χ1) is 9.34. The van der Waals surface area contributed by atoms with Gasteiger partial charge in [-0.1, -0.05) is 24.3 Å². The molecule has 0 amide bonds. The molecular formula is C15H9FN2O. The summed E-state index contributed by atoms with van der Waals surface area (Å²) in [6, 6.07) is 12.5. The van der Waals surface area contributed by atoms with E-state index in [9.17, 15) is 4.39 Å². The summed E-state index contributed by atoms with van der Waals surface area (Å²) in [5.74, 6) is -0.347. The smallest absolute Gasteiger partial charge is 0.171 e. The van der Waals surface area contributed by atoms with E-state index in [1.54, 1.807) is 16.9 Å². The molecule has 0 aliphatic rings. The van der Waals surface area contributed by atoms with Crippen LogP contribution in [-0.2, 0) is 0 Å². The molecule has 19 heavy (non-hydrogen) atoms. The molecule has 0 spiro atoms. The molecule has 0 aliphatic heterocycles. The number of fused-ring (bicyclic) bond motifs is 3. The highest BCUT2D eigenvalue weighted by Crippen LogP contribution is 2.33. The molecule has 4 aromatic rings. The summed E-state index contributed by atoms with van der Waals surface area (Å²) in [4.78, 5) is 0. The van der Waals surface area contributed by atoms with Crippen LogP contribution >= 0.6 is 0 Å². The molecule has 0 fully saturated rings. The molecule has 2 aromatic carbocycles. The van der Waals surface area contributed by atoms with Gasteiger partial charge in [0.15, 0.2) is 17.0 Å². The molecule has 0 N–H and O–H groups in total. The number of hydrogen-bond acceptors (Lipinski definition) is 2. The minimum absolute atomic E-state index is 0.289. The summed E-state index contributed by atoms with van der Waals surface area (Å²) in [5.41, 5.74) is 1.74. The van der Waals surface area contributed by atoms with Gasteiger partial charge in [0.05, 0.1) is 0 Å². The fraction of sp³-hybridized carbons (Fsp3) is 0. The lowest BCUT2D eigenvalue weighted by Gasteiger charge is -2.01. The molecule has 0 unspecified atom stereocenters. The number of nitrogens with zero attached hydrogens (tertiary/aromatic N) is 2. The van der Waals surface area contributed by atoms with E-state index >= 15 is 0 Å². The first-order valence-corrected chi connectivity index (χ1v) is 5.94. The second-order valence-corrected chi connectivity index (χ2v) is 4.32. The Morgan fingerprint density at radius 2 is 1.74 bits per heavy atom. The van der Waals surface area contributed by atoms with Gasteiger partial charge in [0.2, 0.25) is 0 Å². The lowest BCUT2D eigenvalue weighted by Crippen LogP contribution is -1.93. The molecule has 0 radical (unpaired) electrons. The Morgan fingerprint density at radius 3 is 2.53 bits per heavy atom. The van der Waals surface area contributed by atoms with E-state index in [0.29, 0.717) is 5.58 Å². The first kappa shape index (κ1) is 10.3. The number of hydrogen-bond donors (Lipinski definition) is 0. The Morgan fingerprint density at radius 1 is 0.947 bits per heavy atom. The third kappa shape index (κ3) is 1.40. The molecule has 2 heterocycles. The highest BCUT2D eigenvalue weighted by molar-refractivity contribution is 6.07. The van der Waals surface area contributed by atoms with Crippen molar-refractivity contribution in [1.29, 1.82) is 0 Å². The Labute approximate surface area is 107 Å². The van der Waals surface area contributed by atoms with E-state index < -0.39 is 0 Å². The van der Waals surface area contributed by atoms with Crippen LogP contribution in [0, 0.1) is 5.82 Å². The van der Waals surface area contributed by atoms with Crippen LogP contribution in [0.1, 0.15) is 0 Å². The zero-order chi connectivity index (χ0) is 12.8. The third-order valence-corrected chi connectivity index (χ3v) is 3.21. The second-order valence-electron chi connectivity index (χ2n) is 4.32. The minimum atomic E-state index is -0.347. The third-order valence-electron chi connectivity index (χ3n) is 3.21. The number of aromatic nitrogens is 2. The second kappa shape index (κ2) is 3.68. The molecule has 0 atom stereocenters. The maximum atomic E-state index is 13.8. The van der Waals surface area contributed by atoms with Gasteiger partial charge in [0, 0.05) is 23.2 Å². The van der Waals surface area contributed by atoms with E-state index in [-0.39, 0.29) is 11.4 Å². The zero-order valence-electron chi connectivity index (χ0n) is 9.88. The molecule has 4 heteroatoms. The average Bonchev–Trinajstić information content (AvgIpc) is 3.06. The zero-order valence-corrected chi connectivity index (χ0v) is 9.88. The lowest BCUT2D eigenvalue weighted by molar-refractivity contribution is 0.582. The van der Waals surface area contributed by atoms with Crippen LogP contribution in [0.5, 0.6) is 0 Å². The highest BCUT2D eigenvalue weighted by atomic mass is 19.1. The van der Waals surface area contributed by atoms with Crippen LogP contribution in [0.4, 0.5) is 4.39 Å². The quantitative estimate of drug-likeness (QED) is 0.514. The standard InChI is InChI=1S/C15H9FN2O/c16-12-6-1-4-10-11-5-2-7-13(15(11)19-14(10)12)18-9-3-8-17-18/h1-9H. The maximum absolute atomic E-state index is 13.8. The van der Waals surface area contributed by atoms with E-state index in [2.05, 4.69) is 5.10 Å². The van der Waals surface area contributed by atoms with Crippen molar-refractivity contribution in [3.8, 4) is 5.69 Å². The van der Waals surface area contributed by atoms with Crippen molar-refractivity contribution in [3.05, 3.63) is 60.7 Å². The van der Waals surface area contributed by atoms with Gasteiger partial charge in [-0.25, -0.2) is 9.07 Å². The van der Waals surface area contributed by atoms with Crippen LogP contribution in [0.15, 0.2) is 59.3 Å². The summed E-state index contributed by atoms with van der Waals surface area (Å²) in [5, 5.41) is 5.86. The maximum Gasteiger partial charge on any atom is 0.171 e. The lowest BCUT2D eigenvalue weighted by atomic mass is 10.1. The summed E-state index contributed by atoms with van der Waals surface area (Å²) in [6.07, 6.45) is 3.53. The first-order valence-electron chi connectivity index (χ1n) is 5.94. The monoisotopic (exact) mass is 252 g/mol. The molecule has 0 saturated heterocycles. The van der Waals surface area contributed by atoms with Gasteiger partial charge in [-0.05, 0) is 18.2 Å². The Balaban J connectivity index is 2.18. The molecule has 0 saturated carbocycles. The molecule has 3 nitrogen and oxygen atoms in total. The Kier molecular flexibility index (Phi) is 2.00. The molecule has 0 aliphatic carbocycles. The SMILES string of the molecule is Fc1cccc2c1oc1c(-n3cccn3)cccc12. The van der Waals surface area contributed by atoms with Crippen LogP contribution < -0.4 is 0 Å². The summed E-state index contributed by atoms with van der Waals surface area (Å²) in [6.45, 7) is 0. The molecule has 4 rings (SSSR count). The van der Waals surface area contributed by atoms with Crippen molar-refractivity contribution in [1.82, 2.24) is 9.78 Å². The molecule has 92 valence electrons. The van der Waals surface area contributed by atoms with Crippen molar-refractivity contribution < 1.29 is 8.81 Å². The number of benzene rings is 2. The topological polar surface area (TPSA) is 31.0 Å². The molecule has 0 bridgehead atoms. The van der Waals surface area contributed by atoms with Gasteiger partial charge >= 0.3 is 0 Å². The fourth-order valence-electron chi connectivity index (χ4n) is 2.36. The summed E-state index contributed by atoms with van der Waals surface area (Å²) >= 11 is 0. The predicted molar refractivity (Wildman–Crippen MR) is 70.8 cm³/mol. The molecular weight excluding hydrogens is 243 g/mol. The molecule has 2 aromatic heterocycles. The van der Waals surface area contributed by atoms with Crippen LogP contribution in [0.25, 0.3) is 27.6 Å². The van der Waals surface area contributed by atoms with E-state index in [0.717, 1.165) is 16.5 Å². The van der Waals surface area contributed by atoms with Gasteiger partial charge in [0.1, 0.15) is 5.69 Å². The fourth-order valence-corrected chi connectivity index (χ4v) is 2.36. The van der Waals surface area contributed by atoms with E-state index in [1.807, 2.05) is 36.5 Å². The summed E-state index contributed by atoms with van der Waals surface area (Å²) < 4.78 is 21.2. The van der Waals surface area contributed by atoms with Crippen LogP contribution in [-0.4, -0.2) is 9.78 Å². The van der Waals surface area contributed by atoms with Crippen molar-refractivity contribution in [3.63, 3.8) is 0 Å². The summed E-state index contributed by atoms with van der Waals surface area (Å²) in [7, 11) is 0. The van der Waals surface area contributed by atoms with Crippen molar-refractivity contribution in [2.24, 2.45) is 0 Å². The number of para-hydroxylation sites is 2. The average molecular weight is 252 g/mol. The Hall–Kier alpha value is -2.62. The minimum Gasteiger partial charge on any atom is -0.451 e. The highest BCUT2D eigenvalue weighted by Gasteiger charge is 2.14. The van der Waals surface area contributed by atoms with Crippen molar-refractivity contribution in [2.75, 3.05) is 0 Å². The van der Waals surface area contributed by atoms with Crippen molar-refractivity contribution >= 4 is 21.9 Å². The van der Waals surface area contributed by atoms with Crippen LogP contribution in [0.3, 0.4) is 0 Å². The number of halogens is 1. The van der Waals surface area contributed by atoms with Gasteiger partial charge < -0.3 is 4.42 Å². The van der Waals surface area contributed by atoms with Gasteiger partial charge in [-0.2, -0.15) is 5.10 Å². The van der Waals surface area contributed by atoms with E-state index in [1.165, 1.54) is 6.07 Å². The predicted octanol–water partition coefficient (Wildman–Crippen LogP) is 3.91. The van der Waals surface area contributed by atoms with Crippen molar-refractivity contribution in [2.45, 2.75) is 0 Å².